The Morgan fingerprint density at radius 3 is 2.36 bits per heavy atom. The Morgan fingerprint density at radius 1 is 1.00 bits per heavy atom. The van der Waals surface area contributed by atoms with Crippen LogP contribution >= 0.6 is 7.82 Å². The number of rotatable bonds is 9. The van der Waals surface area contributed by atoms with Gasteiger partial charge < -0.3 is 4.52 Å². The lowest BCUT2D eigenvalue weighted by Gasteiger charge is -2.55. The van der Waals surface area contributed by atoms with Gasteiger partial charge in [-0.2, -0.15) is 8.42 Å². The molecule has 1 unspecified atom stereocenters. The van der Waals surface area contributed by atoms with Crippen LogP contribution in [0.15, 0.2) is 64.3 Å². The van der Waals surface area contributed by atoms with Crippen LogP contribution in [-0.4, -0.2) is 27.7 Å². The molecule has 0 spiro atoms. The van der Waals surface area contributed by atoms with Gasteiger partial charge in [-0.25, -0.2) is 4.57 Å². The minimum Gasteiger partial charge on any atom is -0.408 e. The van der Waals surface area contributed by atoms with Crippen LogP contribution in [0, 0.1) is 29.6 Å². The highest BCUT2D eigenvalue weighted by atomic mass is 32.2. The van der Waals surface area contributed by atoms with Crippen molar-refractivity contribution in [3.63, 3.8) is 0 Å². The van der Waals surface area contributed by atoms with Crippen LogP contribution in [0.5, 0.6) is 0 Å². The van der Waals surface area contributed by atoms with Crippen LogP contribution in [0.25, 0.3) is 0 Å². The quantitative estimate of drug-likeness (QED) is 0.170. The number of hydrogen-bond donors (Lipinski definition) is 0. The molecule has 0 N–H and O–H groups in total. The molecule has 0 bridgehead atoms. The van der Waals surface area contributed by atoms with E-state index in [4.69, 9.17) is 17.8 Å². The zero-order valence-electron chi connectivity index (χ0n) is 23.6. The number of phosphoric ester groups is 1. The normalized spacial score (nSPS) is 32.3. The molecule has 39 heavy (non-hydrogen) atoms. The highest BCUT2D eigenvalue weighted by molar-refractivity contribution is 7.86. The lowest BCUT2D eigenvalue weighted by molar-refractivity contribution is 0.0361. The topological polar surface area (TPSA) is 88.1 Å². The van der Waals surface area contributed by atoms with E-state index in [1.165, 1.54) is 11.1 Å². The number of benzene rings is 1. The molecule has 2 fully saturated rings. The maximum atomic E-state index is 13.1. The van der Waals surface area contributed by atoms with Gasteiger partial charge in [-0.1, -0.05) is 47.9 Å². The fourth-order valence-electron chi connectivity index (χ4n) is 7.28. The van der Waals surface area contributed by atoms with Crippen molar-refractivity contribution in [3.05, 3.63) is 65.0 Å². The van der Waals surface area contributed by atoms with Gasteiger partial charge in [0.05, 0.1) is 24.2 Å². The van der Waals surface area contributed by atoms with Crippen molar-refractivity contribution in [2.24, 2.45) is 22.7 Å². The maximum absolute atomic E-state index is 13.1. The van der Waals surface area contributed by atoms with E-state index >= 15 is 0 Å². The minimum atomic E-state index is -3.81. The standard InChI is InChI=1S/C30H41O7PS/c1-6-34-38(31,35-7-2)36-28-15-14-26-25-13-10-22-20-23(37-39(32,33)24-11-8-21(3)9-12-24)16-18-29(22,4)27(25)17-19-30(26,28)5/h8-12,14-15,23,25,27H,6-7,13,16-20H2,1-5H3/t23?,25-,27-,29-,30-/m0/s1. The summed E-state index contributed by atoms with van der Waals surface area (Å²) in [7, 11) is -7.48. The molecule has 7 nitrogen and oxygen atoms in total. The lowest BCUT2D eigenvalue weighted by Crippen LogP contribution is -2.47. The molecule has 0 saturated heterocycles. The van der Waals surface area contributed by atoms with Crippen molar-refractivity contribution in [3.8, 4) is 0 Å². The van der Waals surface area contributed by atoms with E-state index in [9.17, 15) is 13.0 Å². The molecule has 2 saturated carbocycles. The third-order valence-corrected chi connectivity index (χ3v) is 12.3. The van der Waals surface area contributed by atoms with Crippen molar-refractivity contribution in [2.45, 2.75) is 84.1 Å². The van der Waals surface area contributed by atoms with Crippen LogP contribution in [0.1, 0.15) is 71.8 Å². The van der Waals surface area contributed by atoms with E-state index in [2.05, 4.69) is 26.0 Å². The first-order chi connectivity index (χ1) is 18.4. The van der Waals surface area contributed by atoms with E-state index in [0.29, 0.717) is 30.4 Å². The van der Waals surface area contributed by atoms with Crippen molar-refractivity contribution in [1.29, 1.82) is 0 Å². The van der Waals surface area contributed by atoms with E-state index in [-0.39, 0.29) is 35.0 Å². The van der Waals surface area contributed by atoms with Gasteiger partial charge in [0, 0.05) is 5.41 Å². The van der Waals surface area contributed by atoms with Gasteiger partial charge in [0.1, 0.15) is 5.76 Å². The average Bonchev–Trinajstić information content (AvgIpc) is 3.20. The first kappa shape index (κ1) is 28.8. The molecular weight excluding hydrogens is 535 g/mol. The predicted molar refractivity (Wildman–Crippen MR) is 150 cm³/mol. The Kier molecular flexibility index (Phi) is 7.84. The molecule has 4 aliphatic carbocycles. The Morgan fingerprint density at radius 2 is 1.69 bits per heavy atom. The lowest BCUT2D eigenvalue weighted by atomic mass is 9.49. The molecular formula is C30H41O7PS. The fraction of sp³-hybridized carbons (Fsp3) is 0.600. The summed E-state index contributed by atoms with van der Waals surface area (Å²) in [6, 6.07) is 6.82. The molecule has 5 atom stereocenters. The Balaban J connectivity index is 1.31. The van der Waals surface area contributed by atoms with Gasteiger partial charge >= 0.3 is 7.82 Å². The third kappa shape index (κ3) is 5.24. The zero-order chi connectivity index (χ0) is 28.1. The van der Waals surface area contributed by atoms with Crippen molar-refractivity contribution < 1.29 is 30.7 Å². The van der Waals surface area contributed by atoms with Gasteiger partial charge in [0.25, 0.3) is 10.1 Å². The van der Waals surface area contributed by atoms with Gasteiger partial charge in [-0.15, -0.1) is 0 Å². The molecule has 0 aromatic heterocycles. The number of phosphoric acid groups is 1. The van der Waals surface area contributed by atoms with E-state index in [0.717, 1.165) is 31.2 Å². The smallest absolute Gasteiger partial charge is 0.408 e. The summed E-state index contributed by atoms with van der Waals surface area (Å²) >= 11 is 0. The Hall–Kier alpha value is -1.70. The molecule has 0 heterocycles. The number of aryl methyl sites for hydroxylation is 1. The van der Waals surface area contributed by atoms with E-state index in [1.54, 1.807) is 38.1 Å². The second-order valence-corrected chi connectivity index (χ2v) is 14.9. The van der Waals surface area contributed by atoms with Crippen LogP contribution in [0.3, 0.4) is 0 Å². The van der Waals surface area contributed by atoms with Crippen molar-refractivity contribution in [2.75, 3.05) is 13.2 Å². The fourth-order valence-corrected chi connectivity index (χ4v) is 9.70. The summed E-state index contributed by atoms with van der Waals surface area (Å²) < 4.78 is 61.6. The van der Waals surface area contributed by atoms with Gasteiger partial charge in [-0.05, 0) is 102 Å². The van der Waals surface area contributed by atoms with Crippen molar-refractivity contribution >= 4 is 17.9 Å². The van der Waals surface area contributed by atoms with E-state index < -0.39 is 17.9 Å². The average molecular weight is 577 g/mol. The highest BCUT2D eigenvalue weighted by Gasteiger charge is 2.56. The van der Waals surface area contributed by atoms with Crippen LogP contribution in [0.4, 0.5) is 0 Å². The summed E-state index contributed by atoms with van der Waals surface area (Å²) in [6.45, 7) is 10.5. The molecule has 0 aliphatic heterocycles. The molecule has 0 radical (unpaired) electrons. The van der Waals surface area contributed by atoms with Crippen LogP contribution < -0.4 is 0 Å². The molecule has 1 aromatic rings. The van der Waals surface area contributed by atoms with Gasteiger partial charge in [0.2, 0.25) is 0 Å². The van der Waals surface area contributed by atoms with Crippen molar-refractivity contribution in [1.82, 2.24) is 0 Å². The molecule has 1 aromatic carbocycles. The largest absolute Gasteiger partial charge is 0.529 e. The van der Waals surface area contributed by atoms with Crippen LogP contribution in [-0.2, 0) is 32.4 Å². The van der Waals surface area contributed by atoms with Gasteiger partial charge in [-0.3, -0.25) is 13.2 Å². The first-order valence-corrected chi connectivity index (χ1v) is 17.0. The number of fused-ring (bicyclic) bond motifs is 5. The first-order valence-electron chi connectivity index (χ1n) is 14.1. The Bertz CT molecular complexity index is 1340. The summed E-state index contributed by atoms with van der Waals surface area (Å²) in [4.78, 5) is 0.211. The maximum Gasteiger partial charge on any atom is 0.529 e. The number of hydrogen-bond acceptors (Lipinski definition) is 7. The summed E-state index contributed by atoms with van der Waals surface area (Å²) in [5.74, 6) is 1.46. The highest BCUT2D eigenvalue weighted by Crippen LogP contribution is 2.66. The summed E-state index contributed by atoms with van der Waals surface area (Å²) in [5, 5.41) is 0. The molecule has 0 amide bonds. The zero-order valence-corrected chi connectivity index (χ0v) is 25.4. The van der Waals surface area contributed by atoms with Crippen LogP contribution in [0.2, 0.25) is 0 Å². The SMILES string of the molecule is CCOP(=O)(OCC)OC1=CC=C2[C@@H]3CC=C4CC(OS(=O)(=O)c5ccc(C)cc5)CC[C@]4(C)[C@H]3CC[C@]12C. The number of allylic oxidation sites excluding steroid dienone is 4. The molecule has 214 valence electrons. The molecule has 4 aliphatic rings. The summed E-state index contributed by atoms with van der Waals surface area (Å²) in [6.07, 6.45) is 11.1. The van der Waals surface area contributed by atoms with Gasteiger partial charge in [0.15, 0.2) is 0 Å². The molecule has 5 rings (SSSR count). The predicted octanol–water partition coefficient (Wildman–Crippen LogP) is 7.64. The molecule has 9 heteroatoms. The Labute approximate surface area is 233 Å². The monoisotopic (exact) mass is 576 g/mol. The summed E-state index contributed by atoms with van der Waals surface area (Å²) in [5.41, 5.74) is 3.31. The second-order valence-electron chi connectivity index (χ2n) is 11.7. The third-order valence-electron chi connectivity index (χ3n) is 9.40. The minimum absolute atomic E-state index is 0.00584. The second kappa shape index (κ2) is 10.6. The van der Waals surface area contributed by atoms with E-state index in [1.807, 2.05) is 13.0 Å².